The minimum absolute atomic E-state index is 0.0792. The fourth-order valence-electron chi connectivity index (χ4n) is 2.30. The molecule has 3 aromatic rings. The molecular formula is C15H16BrN5O. The van der Waals surface area contributed by atoms with Gasteiger partial charge in [-0.05, 0) is 35.0 Å². The summed E-state index contributed by atoms with van der Waals surface area (Å²) in [5.74, 6) is 0.481. The molecule has 2 aromatic heterocycles. The number of hydrogen-bond donors (Lipinski definition) is 1. The molecule has 1 N–H and O–H groups in total. The van der Waals surface area contributed by atoms with Crippen LogP contribution in [-0.2, 0) is 18.4 Å². The molecule has 0 aliphatic heterocycles. The first-order valence-corrected chi connectivity index (χ1v) is 7.75. The van der Waals surface area contributed by atoms with Crippen LogP contribution >= 0.6 is 15.9 Å². The van der Waals surface area contributed by atoms with Crippen LogP contribution in [0.1, 0.15) is 12.1 Å². The van der Waals surface area contributed by atoms with Gasteiger partial charge in [0.2, 0.25) is 11.9 Å². The third-order valence-electron chi connectivity index (χ3n) is 3.63. The molecule has 1 amide bonds. The Morgan fingerprint density at radius 2 is 2.14 bits per heavy atom. The standard InChI is InChI=1S/C15H16BrN5O/c1-10-11(16)9-17-21(10)8-7-14(22)19-15-18-12-5-3-4-6-13(12)20(15)2/h3-6,9H,7-8H2,1-2H3,(H,18,19,22). The number of imidazole rings is 1. The lowest BCUT2D eigenvalue weighted by atomic mass is 10.3. The van der Waals surface area contributed by atoms with Crippen molar-refractivity contribution >= 4 is 38.8 Å². The van der Waals surface area contributed by atoms with Crippen LogP contribution in [0.25, 0.3) is 11.0 Å². The number of hydrogen-bond acceptors (Lipinski definition) is 3. The second-order valence-electron chi connectivity index (χ2n) is 5.08. The molecule has 0 radical (unpaired) electrons. The summed E-state index contributed by atoms with van der Waals surface area (Å²) in [4.78, 5) is 16.5. The Morgan fingerprint density at radius 1 is 1.36 bits per heavy atom. The van der Waals surface area contributed by atoms with Gasteiger partial charge in [-0.25, -0.2) is 4.98 Å². The highest BCUT2D eigenvalue weighted by Gasteiger charge is 2.11. The predicted octanol–water partition coefficient (Wildman–Crippen LogP) is 2.87. The van der Waals surface area contributed by atoms with Gasteiger partial charge in [-0.15, -0.1) is 0 Å². The number of anilines is 1. The highest BCUT2D eigenvalue weighted by Crippen LogP contribution is 2.18. The zero-order valence-corrected chi connectivity index (χ0v) is 14.0. The molecule has 0 fully saturated rings. The van der Waals surface area contributed by atoms with Gasteiger partial charge in [0, 0.05) is 19.2 Å². The molecule has 0 saturated heterocycles. The van der Waals surface area contributed by atoms with Gasteiger partial charge in [0.25, 0.3) is 0 Å². The van der Waals surface area contributed by atoms with Crippen LogP contribution in [0.3, 0.4) is 0 Å². The molecule has 0 saturated carbocycles. The summed E-state index contributed by atoms with van der Waals surface area (Å²) in [7, 11) is 1.89. The molecule has 0 atom stereocenters. The molecule has 6 nitrogen and oxygen atoms in total. The summed E-state index contributed by atoms with van der Waals surface area (Å²) >= 11 is 3.41. The Hall–Kier alpha value is -2.15. The van der Waals surface area contributed by atoms with Gasteiger partial charge in [-0.2, -0.15) is 5.10 Å². The Kier molecular flexibility index (Phi) is 3.98. The molecule has 1 aromatic carbocycles. The van der Waals surface area contributed by atoms with Crippen molar-refractivity contribution in [2.45, 2.75) is 19.9 Å². The highest BCUT2D eigenvalue weighted by molar-refractivity contribution is 9.10. The first-order valence-electron chi connectivity index (χ1n) is 6.95. The number of nitrogens with zero attached hydrogens (tertiary/aromatic N) is 4. The minimum atomic E-state index is -0.0792. The van der Waals surface area contributed by atoms with Crippen LogP contribution in [0.15, 0.2) is 34.9 Å². The smallest absolute Gasteiger partial charge is 0.228 e. The number of para-hydroxylation sites is 2. The van der Waals surface area contributed by atoms with Gasteiger partial charge < -0.3 is 4.57 Å². The maximum atomic E-state index is 12.1. The Bertz CT molecular complexity index is 836. The van der Waals surface area contributed by atoms with Crippen LogP contribution < -0.4 is 5.32 Å². The van der Waals surface area contributed by atoms with Crippen molar-refractivity contribution in [3.8, 4) is 0 Å². The van der Waals surface area contributed by atoms with E-state index in [2.05, 4.69) is 31.3 Å². The van der Waals surface area contributed by atoms with Crippen molar-refractivity contribution in [3.63, 3.8) is 0 Å². The summed E-state index contributed by atoms with van der Waals surface area (Å²) in [6.07, 6.45) is 2.08. The Labute approximate surface area is 136 Å². The maximum Gasteiger partial charge on any atom is 0.228 e. The Morgan fingerprint density at radius 3 is 2.82 bits per heavy atom. The predicted molar refractivity (Wildman–Crippen MR) is 88.6 cm³/mol. The summed E-state index contributed by atoms with van der Waals surface area (Å²) in [6.45, 7) is 2.49. The van der Waals surface area contributed by atoms with Crippen LogP contribution in [0.5, 0.6) is 0 Å². The van der Waals surface area contributed by atoms with E-state index in [0.29, 0.717) is 18.9 Å². The molecule has 2 heterocycles. The maximum absolute atomic E-state index is 12.1. The topological polar surface area (TPSA) is 64.7 Å². The van der Waals surface area contributed by atoms with E-state index in [0.717, 1.165) is 21.2 Å². The average Bonchev–Trinajstić information content (AvgIpc) is 2.99. The fourth-order valence-corrected chi connectivity index (χ4v) is 2.60. The van der Waals surface area contributed by atoms with E-state index in [-0.39, 0.29) is 5.91 Å². The number of fused-ring (bicyclic) bond motifs is 1. The molecule has 0 aliphatic rings. The number of rotatable bonds is 4. The fraction of sp³-hybridized carbons (Fsp3) is 0.267. The van der Waals surface area contributed by atoms with Crippen LogP contribution in [-0.4, -0.2) is 25.2 Å². The van der Waals surface area contributed by atoms with Crippen molar-refractivity contribution in [3.05, 3.63) is 40.6 Å². The molecule has 7 heteroatoms. The summed E-state index contributed by atoms with van der Waals surface area (Å²) in [5, 5.41) is 7.07. The van der Waals surface area contributed by atoms with Crippen molar-refractivity contribution in [2.75, 3.05) is 5.32 Å². The number of nitrogens with one attached hydrogen (secondary N) is 1. The summed E-state index contributed by atoms with van der Waals surface area (Å²) < 4.78 is 4.63. The van der Waals surface area contributed by atoms with E-state index in [4.69, 9.17) is 0 Å². The molecule has 0 unspecified atom stereocenters. The number of benzene rings is 1. The molecule has 0 aliphatic carbocycles. The highest BCUT2D eigenvalue weighted by atomic mass is 79.9. The quantitative estimate of drug-likeness (QED) is 0.776. The number of aromatic nitrogens is 4. The third kappa shape index (κ3) is 2.76. The van der Waals surface area contributed by atoms with Gasteiger partial charge >= 0.3 is 0 Å². The second kappa shape index (κ2) is 5.92. The van der Waals surface area contributed by atoms with Crippen LogP contribution in [0.2, 0.25) is 0 Å². The van der Waals surface area contributed by atoms with Crippen LogP contribution in [0, 0.1) is 6.92 Å². The number of amides is 1. The van der Waals surface area contributed by atoms with Gasteiger partial charge in [0.1, 0.15) is 0 Å². The largest absolute Gasteiger partial charge is 0.313 e. The molecule has 114 valence electrons. The number of carbonyl (C=O) groups excluding carboxylic acids is 1. The number of aryl methyl sites for hydroxylation is 2. The lowest BCUT2D eigenvalue weighted by molar-refractivity contribution is -0.116. The third-order valence-corrected chi connectivity index (χ3v) is 4.41. The zero-order valence-electron chi connectivity index (χ0n) is 12.4. The lowest BCUT2D eigenvalue weighted by Gasteiger charge is -2.06. The van der Waals surface area contributed by atoms with Crippen molar-refractivity contribution in [1.29, 1.82) is 0 Å². The number of carbonyl (C=O) groups is 1. The second-order valence-corrected chi connectivity index (χ2v) is 5.94. The summed E-state index contributed by atoms with van der Waals surface area (Å²) in [5.41, 5.74) is 2.87. The molecular weight excluding hydrogens is 346 g/mol. The van der Waals surface area contributed by atoms with E-state index < -0.39 is 0 Å². The first kappa shape index (κ1) is 14.8. The van der Waals surface area contributed by atoms with E-state index in [1.165, 1.54) is 0 Å². The van der Waals surface area contributed by atoms with Crippen LogP contribution in [0.4, 0.5) is 5.95 Å². The summed E-state index contributed by atoms with van der Waals surface area (Å²) in [6, 6.07) is 7.78. The molecule has 0 spiro atoms. The minimum Gasteiger partial charge on any atom is -0.313 e. The monoisotopic (exact) mass is 361 g/mol. The molecule has 0 bridgehead atoms. The van der Waals surface area contributed by atoms with Gasteiger partial charge in [-0.1, -0.05) is 12.1 Å². The normalized spacial score (nSPS) is 11.0. The van der Waals surface area contributed by atoms with E-state index in [9.17, 15) is 4.79 Å². The van der Waals surface area contributed by atoms with Crippen molar-refractivity contribution in [1.82, 2.24) is 19.3 Å². The Balaban J connectivity index is 1.68. The van der Waals surface area contributed by atoms with Gasteiger partial charge in [-0.3, -0.25) is 14.8 Å². The van der Waals surface area contributed by atoms with E-state index >= 15 is 0 Å². The first-order chi connectivity index (χ1) is 10.6. The molecule has 3 rings (SSSR count). The van der Waals surface area contributed by atoms with Gasteiger partial charge in [0.15, 0.2) is 0 Å². The SMILES string of the molecule is Cc1c(Br)cnn1CCC(=O)Nc1nc2ccccc2n1C. The zero-order chi connectivity index (χ0) is 15.7. The van der Waals surface area contributed by atoms with Crippen molar-refractivity contribution in [2.24, 2.45) is 7.05 Å². The van der Waals surface area contributed by atoms with Gasteiger partial charge in [0.05, 0.1) is 28.2 Å². The number of halogens is 1. The molecule has 22 heavy (non-hydrogen) atoms. The lowest BCUT2D eigenvalue weighted by Crippen LogP contribution is -2.17. The van der Waals surface area contributed by atoms with Crippen molar-refractivity contribution < 1.29 is 4.79 Å². The van der Waals surface area contributed by atoms with E-state index in [1.807, 2.05) is 42.8 Å². The average molecular weight is 362 g/mol. The van der Waals surface area contributed by atoms with E-state index in [1.54, 1.807) is 10.9 Å².